The summed E-state index contributed by atoms with van der Waals surface area (Å²) in [6.07, 6.45) is 4.85. The third-order valence-electron chi connectivity index (χ3n) is 3.70. The Hall–Kier alpha value is -1.43. The summed E-state index contributed by atoms with van der Waals surface area (Å²) in [5.41, 5.74) is 0. The standard InChI is InChI=1S/C14H23N3O3/c1-3-4-5-12-15-14(20-16-12)11-6-8-17(9-7-11)13(18)10-19-2/h11H,3-10H2,1-2H3. The highest BCUT2D eigenvalue weighted by molar-refractivity contribution is 5.77. The Morgan fingerprint density at radius 2 is 2.20 bits per heavy atom. The molecule has 0 radical (unpaired) electrons. The lowest BCUT2D eigenvalue weighted by Crippen LogP contribution is -2.39. The summed E-state index contributed by atoms with van der Waals surface area (Å²) < 4.78 is 10.2. The van der Waals surface area contributed by atoms with E-state index in [9.17, 15) is 4.79 Å². The smallest absolute Gasteiger partial charge is 0.248 e. The highest BCUT2D eigenvalue weighted by Crippen LogP contribution is 2.26. The van der Waals surface area contributed by atoms with Gasteiger partial charge in [-0.1, -0.05) is 18.5 Å². The van der Waals surface area contributed by atoms with Gasteiger partial charge < -0.3 is 14.2 Å². The van der Waals surface area contributed by atoms with E-state index in [1.165, 1.54) is 0 Å². The van der Waals surface area contributed by atoms with Crippen LogP contribution in [0.1, 0.15) is 50.2 Å². The lowest BCUT2D eigenvalue weighted by molar-refractivity contribution is -0.136. The van der Waals surface area contributed by atoms with Crippen LogP contribution >= 0.6 is 0 Å². The largest absolute Gasteiger partial charge is 0.375 e. The molecule has 6 nitrogen and oxygen atoms in total. The summed E-state index contributed by atoms with van der Waals surface area (Å²) in [6.45, 7) is 3.78. The Bertz CT molecular complexity index is 425. The van der Waals surface area contributed by atoms with E-state index in [2.05, 4.69) is 17.1 Å². The van der Waals surface area contributed by atoms with Gasteiger partial charge in [-0.3, -0.25) is 4.79 Å². The molecule has 0 saturated carbocycles. The van der Waals surface area contributed by atoms with Crippen LogP contribution in [0, 0.1) is 0 Å². The molecule has 2 rings (SSSR count). The third-order valence-corrected chi connectivity index (χ3v) is 3.70. The number of aromatic nitrogens is 2. The molecule has 6 heteroatoms. The number of hydrogen-bond acceptors (Lipinski definition) is 5. The number of amides is 1. The molecule has 1 aliphatic rings. The van der Waals surface area contributed by atoms with Gasteiger partial charge in [0.15, 0.2) is 5.82 Å². The van der Waals surface area contributed by atoms with Gasteiger partial charge in [0.2, 0.25) is 11.8 Å². The van der Waals surface area contributed by atoms with Crippen molar-refractivity contribution in [3.05, 3.63) is 11.7 Å². The maximum Gasteiger partial charge on any atom is 0.248 e. The monoisotopic (exact) mass is 281 g/mol. The first-order chi connectivity index (χ1) is 9.74. The molecule has 0 N–H and O–H groups in total. The minimum absolute atomic E-state index is 0.0557. The summed E-state index contributed by atoms with van der Waals surface area (Å²) in [4.78, 5) is 18.0. The van der Waals surface area contributed by atoms with Gasteiger partial charge in [0.05, 0.1) is 0 Å². The van der Waals surface area contributed by atoms with Gasteiger partial charge in [-0.15, -0.1) is 0 Å². The van der Waals surface area contributed by atoms with E-state index < -0.39 is 0 Å². The third kappa shape index (κ3) is 3.79. The van der Waals surface area contributed by atoms with Gasteiger partial charge in [0.1, 0.15) is 6.61 Å². The molecule has 2 heterocycles. The number of hydrogen-bond donors (Lipinski definition) is 0. The molecule has 0 unspecified atom stereocenters. The Balaban J connectivity index is 1.84. The predicted octanol–water partition coefficient (Wildman–Crippen LogP) is 1.76. The van der Waals surface area contributed by atoms with Crippen molar-refractivity contribution in [2.75, 3.05) is 26.8 Å². The van der Waals surface area contributed by atoms with E-state index in [0.29, 0.717) is 0 Å². The van der Waals surface area contributed by atoms with Crippen molar-refractivity contribution >= 4 is 5.91 Å². The molecule has 1 saturated heterocycles. The second-order valence-electron chi connectivity index (χ2n) is 5.24. The Kier molecular flexibility index (Phi) is 5.52. The first-order valence-electron chi connectivity index (χ1n) is 7.33. The number of unbranched alkanes of at least 4 members (excludes halogenated alkanes) is 1. The number of piperidine rings is 1. The van der Waals surface area contributed by atoms with Crippen molar-refractivity contribution in [1.29, 1.82) is 0 Å². The van der Waals surface area contributed by atoms with Crippen molar-refractivity contribution in [3.8, 4) is 0 Å². The van der Waals surface area contributed by atoms with E-state index >= 15 is 0 Å². The molecule has 0 atom stereocenters. The van der Waals surface area contributed by atoms with Gasteiger partial charge in [-0.2, -0.15) is 4.98 Å². The zero-order chi connectivity index (χ0) is 14.4. The van der Waals surface area contributed by atoms with Crippen molar-refractivity contribution in [3.63, 3.8) is 0 Å². The number of carbonyl (C=O) groups excluding carboxylic acids is 1. The molecular formula is C14H23N3O3. The van der Waals surface area contributed by atoms with Crippen LogP contribution < -0.4 is 0 Å². The van der Waals surface area contributed by atoms with E-state index in [1.54, 1.807) is 7.11 Å². The van der Waals surface area contributed by atoms with Crippen molar-refractivity contribution < 1.29 is 14.1 Å². The van der Waals surface area contributed by atoms with Gasteiger partial charge in [-0.05, 0) is 19.3 Å². The summed E-state index contributed by atoms with van der Waals surface area (Å²) in [7, 11) is 1.54. The van der Waals surface area contributed by atoms with E-state index in [0.717, 1.165) is 56.9 Å². The minimum atomic E-state index is 0.0557. The maximum atomic E-state index is 11.7. The average molecular weight is 281 g/mol. The normalized spacial score (nSPS) is 16.6. The lowest BCUT2D eigenvalue weighted by atomic mass is 9.97. The second kappa shape index (κ2) is 7.38. The summed E-state index contributed by atoms with van der Waals surface area (Å²) in [6, 6.07) is 0. The number of likely N-dealkylation sites (tertiary alicyclic amines) is 1. The summed E-state index contributed by atoms with van der Waals surface area (Å²) >= 11 is 0. The van der Waals surface area contributed by atoms with Crippen LogP contribution in [-0.2, 0) is 16.0 Å². The summed E-state index contributed by atoms with van der Waals surface area (Å²) in [5, 5.41) is 4.03. The molecule has 1 aromatic heterocycles. The molecule has 0 aliphatic carbocycles. The average Bonchev–Trinajstić information content (AvgIpc) is 2.94. The van der Waals surface area contributed by atoms with Crippen LogP contribution in [0.4, 0.5) is 0 Å². The van der Waals surface area contributed by atoms with E-state index in [4.69, 9.17) is 9.26 Å². The Labute approximate surface area is 119 Å². The van der Waals surface area contributed by atoms with E-state index in [-0.39, 0.29) is 18.4 Å². The summed E-state index contributed by atoms with van der Waals surface area (Å²) in [5.74, 6) is 1.87. The molecular weight excluding hydrogens is 258 g/mol. The first kappa shape index (κ1) is 15.0. The Morgan fingerprint density at radius 3 is 2.85 bits per heavy atom. The number of ether oxygens (including phenoxy) is 1. The fraction of sp³-hybridized carbons (Fsp3) is 0.786. The molecule has 1 fully saturated rings. The molecule has 0 aromatic carbocycles. The van der Waals surface area contributed by atoms with Crippen LogP contribution in [0.3, 0.4) is 0 Å². The fourth-order valence-corrected chi connectivity index (χ4v) is 2.46. The van der Waals surface area contributed by atoms with Crippen LogP contribution in [0.2, 0.25) is 0 Å². The first-order valence-corrected chi connectivity index (χ1v) is 7.33. The minimum Gasteiger partial charge on any atom is -0.375 e. The molecule has 1 aromatic rings. The van der Waals surface area contributed by atoms with Crippen LogP contribution in [0.5, 0.6) is 0 Å². The number of aryl methyl sites for hydroxylation is 1. The highest BCUT2D eigenvalue weighted by atomic mass is 16.5. The zero-order valence-electron chi connectivity index (χ0n) is 12.3. The van der Waals surface area contributed by atoms with Gasteiger partial charge in [0, 0.05) is 32.5 Å². The van der Waals surface area contributed by atoms with Crippen LogP contribution in [0.25, 0.3) is 0 Å². The SMILES string of the molecule is CCCCc1noc(C2CCN(C(=O)COC)CC2)n1. The molecule has 0 bridgehead atoms. The van der Waals surface area contributed by atoms with Crippen LogP contribution in [0.15, 0.2) is 4.52 Å². The van der Waals surface area contributed by atoms with Gasteiger partial charge in [-0.25, -0.2) is 0 Å². The number of carbonyl (C=O) groups is 1. The molecule has 20 heavy (non-hydrogen) atoms. The quantitative estimate of drug-likeness (QED) is 0.794. The predicted molar refractivity (Wildman–Crippen MR) is 73.3 cm³/mol. The second-order valence-corrected chi connectivity index (χ2v) is 5.24. The maximum absolute atomic E-state index is 11.7. The molecule has 0 spiro atoms. The molecule has 1 amide bonds. The lowest BCUT2D eigenvalue weighted by Gasteiger charge is -2.30. The van der Waals surface area contributed by atoms with Crippen molar-refractivity contribution in [1.82, 2.24) is 15.0 Å². The van der Waals surface area contributed by atoms with Crippen LogP contribution in [-0.4, -0.2) is 47.8 Å². The molecule has 1 aliphatic heterocycles. The van der Waals surface area contributed by atoms with E-state index in [1.807, 2.05) is 4.90 Å². The fourth-order valence-electron chi connectivity index (χ4n) is 2.46. The zero-order valence-corrected chi connectivity index (χ0v) is 12.3. The van der Waals surface area contributed by atoms with Gasteiger partial charge >= 0.3 is 0 Å². The molecule has 112 valence electrons. The van der Waals surface area contributed by atoms with Crippen molar-refractivity contribution in [2.24, 2.45) is 0 Å². The highest BCUT2D eigenvalue weighted by Gasteiger charge is 2.27. The van der Waals surface area contributed by atoms with Gasteiger partial charge in [0.25, 0.3) is 0 Å². The van der Waals surface area contributed by atoms with Crippen molar-refractivity contribution in [2.45, 2.75) is 44.9 Å². The Morgan fingerprint density at radius 1 is 1.45 bits per heavy atom. The number of rotatable bonds is 6. The number of nitrogens with zero attached hydrogens (tertiary/aromatic N) is 3. The topological polar surface area (TPSA) is 68.5 Å². The number of methoxy groups -OCH3 is 1.